The summed E-state index contributed by atoms with van der Waals surface area (Å²) >= 11 is 0. The van der Waals surface area contributed by atoms with Gasteiger partial charge in [-0.05, 0) is 18.9 Å². The van der Waals surface area contributed by atoms with Gasteiger partial charge in [-0.1, -0.05) is 13.8 Å². The normalized spacial score (nSPS) is 10.7. The van der Waals surface area contributed by atoms with Crippen LogP contribution in [0.2, 0.25) is 0 Å². The molecule has 1 rings (SSSR count). The number of rotatable bonds is 9. The van der Waals surface area contributed by atoms with Gasteiger partial charge in [-0.3, -0.25) is 10.1 Å². The van der Waals surface area contributed by atoms with Crippen LogP contribution < -0.4 is 16.2 Å². The van der Waals surface area contributed by atoms with Crippen LogP contribution in [0.5, 0.6) is 0 Å². The van der Waals surface area contributed by atoms with Crippen LogP contribution >= 0.6 is 0 Å². The average molecular weight is 297 g/mol. The summed E-state index contributed by atoms with van der Waals surface area (Å²) in [7, 11) is 1.60. The molecule has 1 heterocycles. The lowest BCUT2D eigenvalue weighted by atomic mass is 10.1. The van der Waals surface area contributed by atoms with E-state index in [4.69, 9.17) is 10.6 Å². The third-order valence-corrected chi connectivity index (χ3v) is 3.39. The molecule has 0 saturated heterocycles. The second-order valence-electron chi connectivity index (χ2n) is 4.60. The smallest absolute Gasteiger partial charge is 0.311 e. The largest absolute Gasteiger partial charge is 0.383 e. The third kappa shape index (κ3) is 4.27. The molecule has 8 heteroatoms. The van der Waals surface area contributed by atoms with Crippen LogP contribution in [0.3, 0.4) is 0 Å². The zero-order chi connectivity index (χ0) is 15.8. The van der Waals surface area contributed by atoms with Crippen molar-refractivity contribution >= 4 is 17.3 Å². The fourth-order valence-electron chi connectivity index (χ4n) is 2.26. The van der Waals surface area contributed by atoms with Gasteiger partial charge in [0.25, 0.3) is 0 Å². The molecule has 0 fully saturated rings. The van der Waals surface area contributed by atoms with Crippen LogP contribution in [0.1, 0.15) is 26.7 Å². The van der Waals surface area contributed by atoms with Crippen molar-refractivity contribution in [1.82, 2.24) is 4.98 Å². The van der Waals surface area contributed by atoms with Crippen molar-refractivity contribution in [3.63, 3.8) is 0 Å². The molecule has 0 radical (unpaired) electrons. The van der Waals surface area contributed by atoms with Crippen LogP contribution in [0, 0.1) is 10.1 Å². The van der Waals surface area contributed by atoms with E-state index in [0.717, 1.165) is 12.8 Å². The number of hydrogen-bond donors (Lipinski definition) is 2. The van der Waals surface area contributed by atoms with Gasteiger partial charge in [-0.25, -0.2) is 10.8 Å². The number of hydrogen-bond acceptors (Lipinski definition) is 7. The molecule has 118 valence electrons. The minimum absolute atomic E-state index is 0.0306. The van der Waals surface area contributed by atoms with Crippen molar-refractivity contribution < 1.29 is 9.66 Å². The molecule has 3 N–H and O–H groups in total. The second kappa shape index (κ2) is 8.38. The summed E-state index contributed by atoms with van der Waals surface area (Å²) in [5.74, 6) is 6.07. The summed E-state index contributed by atoms with van der Waals surface area (Å²) in [5, 5.41) is 11.3. The molecular weight excluding hydrogens is 274 g/mol. The number of aromatic nitrogens is 1. The number of hydrazine groups is 1. The lowest BCUT2D eigenvalue weighted by Crippen LogP contribution is -2.38. The maximum atomic E-state index is 11.3. The second-order valence-corrected chi connectivity index (χ2v) is 4.60. The molecular formula is C13H23N5O3. The van der Waals surface area contributed by atoms with E-state index in [1.807, 2.05) is 18.7 Å². The molecule has 0 amide bonds. The van der Waals surface area contributed by atoms with E-state index >= 15 is 0 Å². The van der Waals surface area contributed by atoms with Gasteiger partial charge in [0, 0.05) is 25.8 Å². The van der Waals surface area contributed by atoms with Gasteiger partial charge in [-0.2, -0.15) is 0 Å². The summed E-state index contributed by atoms with van der Waals surface area (Å²) in [6.45, 7) is 5.09. The average Bonchev–Trinajstić information content (AvgIpc) is 2.50. The lowest BCUT2D eigenvalue weighted by Gasteiger charge is -2.31. The molecule has 0 spiro atoms. The fraction of sp³-hybridized carbons (Fsp3) is 0.615. The van der Waals surface area contributed by atoms with Crippen molar-refractivity contribution in [3.8, 4) is 0 Å². The minimum Gasteiger partial charge on any atom is -0.383 e. The van der Waals surface area contributed by atoms with E-state index in [1.54, 1.807) is 7.11 Å². The Morgan fingerprint density at radius 3 is 2.62 bits per heavy atom. The van der Waals surface area contributed by atoms with Crippen molar-refractivity contribution in [1.29, 1.82) is 0 Å². The highest BCUT2D eigenvalue weighted by Gasteiger charge is 2.26. The van der Waals surface area contributed by atoms with Crippen LogP contribution in [0.4, 0.5) is 17.3 Å². The van der Waals surface area contributed by atoms with Gasteiger partial charge in [0.1, 0.15) is 5.82 Å². The Balaban J connectivity index is 3.28. The first-order valence-corrected chi connectivity index (χ1v) is 6.96. The number of methoxy groups -OCH3 is 1. The highest BCUT2D eigenvalue weighted by atomic mass is 16.6. The van der Waals surface area contributed by atoms with E-state index < -0.39 is 4.92 Å². The molecule has 0 atom stereocenters. The molecule has 0 aliphatic carbocycles. The number of pyridine rings is 1. The zero-order valence-corrected chi connectivity index (χ0v) is 12.7. The molecule has 1 aromatic heterocycles. The molecule has 8 nitrogen and oxygen atoms in total. The topological polar surface area (TPSA) is 107 Å². The first-order chi connectivity index (χ1) is 10.1. The van der Waals surface area contributed by atoms with Crippen molar-refractivity contribution in [2.75, 3.05) is 30.6 Å². The SMILES string of the molecule is CCC(CC)N(CCOC)c1nc(NN)ccc1[N+](=O)[O-]. The molecule has 0 aromatic carbocycles. The molecule has 21 heavy (non-hydrogen) atoms. The standard InChI is InChI=1S/C13H23N5O3/c1-4-10(5-2)17(8-9-21-3)13-11(18(19)20)6-7-12(15-13)16-14/h6-7,10H,4-5,8-9,14H2,1-3H3,(H,15,16). The Morgan fingerprint density at radius 2 is 2.14 bits per heavy atom. The summed E-state index contributed by atoms with van der Waals surface area (Å²) in [6, 6.07) is 3.06. The minimum atomic E-state index is -0.426. The number of anilines is 2. The Bertz CT molecular complexity index is 465. The molecule has 0 unspecified atom stereocenters. The van der Waals surface area contributed by atoms with E-state index in [-0.39, 0.29) is 11.7 Å². The van der Waals surface area contributed by atoms with E-state index in [2.05, 4.69) is 10.4 Å². The molecule has 0 bridgehead atoms. The first-order valence-electron chi connectivity index (χ1n) is 6.96. The summed E-state index contributed by atoms with van der Waals surface area (Å²) in [6.07, 6.45) is 1.72. The Morgan fingerprint density at radius 1 is 1.48 bits per heavy atom. The summed E-state index contributed by atoms with van der Waals surface area (Å²) < 4.78 is 5.11. The van der Waals surface area contributed by atoms with Gasteiger partial charge in [-0.15, -0.1) is 0 Å². The van der Waals surface area contributed by atoms with Crippen LogP contribution in [0.15, 0.2) is 12.1 Å². The van der Waals surface area contributed by atoms with Gasteiger partial charge < -0.3 is 15.1 Å². The Kier molecular flexibility index (Phi) is 6.83. The number of nitrogens with zero attached hydrogens (tertiary/aromatic N) is 3. The van der Waals surface area contributed by atoms with Crippen molar-refractivity contribution in [2.45, 2.75) is 32.7 Å². The number of nitro groups is 1. The first kappa shape index (κ1) is 17.1. The van der Waals surface area contributed by atoms with Gasteiger partial charge in [0.15, 0.2) is 0 Å². The molecule has 0 saturated carbocycles. The fourth-order valence-corrected chi connectivity index (χ4v) is 2.26. The van der Waals surface area contributed by atoms with Crippen molar-refractivity contribution in [2.24, 2.45) is 5.84 Å². The van der Waals surface area contributed by atoms with E-state index in [9.17, 15) is 10.1 Å². The molecule has 0 aliphatic heterocycles. The van der Waals surface area contributed by atoms with Crippen LogP contribution in [-0.2, 0) is 4.74 Å². The maximum absolute atomic E-state index is 11.3. The Hall–Kier alpha value is -1.93. The number of nitrogens with two attached hydrogens (primary N) is 1. The highest BCUT2D eigenvalue weighted by Crippen LogP contribution is 2.30. The number of nitrogen functional groups attached to an aromatic ring is 1. The van der Waals surface area contributed by atoms with Crippen molar-refractivity contribution in [3.05, 3.63) is 22.2 Å². The zero-order valence-electron chi connectivity index (χ0n) is 12.7. The summed E-state index contributed by atoms with van der Waals surface area (Å²) in [5.41, 5.74) is 2.40. The summed E-state index contributed by atoms with van der Waals surface area (Å²) in [4.78, 5) is 17.0. The van der Waals surface area contributed by atoms with Crippen LogP contribution in [0.25, 0.3) is 0 Å². The monoisotopic (exact) mass is 297 g/mol. The number of ether oxygens (including phenoxy) is 1. The predicted molar refractivity (Wildman–Crippen MR) is 82.3 cm³/mol. The van der Waals surface area contributed by atoms with Gasteiger partial charge in [0.2, 0.25) is 5.82 Å². The Labute approximate surface area is 124 Å². The maximum Gasteiger partial charge on any atom is 0.311 e. The number of nitrogens with one attached hydrogen (secondary N) is 1. The van der Waals surface area contributed by atoms with Crippen LogP contribution in [-0.4, -0.2) is 36.2 Å². The van der Waals surface area contributed by atoms with E-state index in [0.29, 0.717) is 24.8 Å². The quantitative estimate of drug-likeness (QED) is 0.407. The molecule has 1 aromatic rings. The van der Waals surface area contributed by atoms with E-state index in [1.165, 1.54) is 12.1 Å². The lowest BCUT2D eigenvalue weighted by molar-refractivity contribution is -0.384. The van der Waals surface area contributed by atoms with Gasteiger partial charge in [0.05, 0.1) is 11.5 Å². The van der Waals surface area contributed by atoms with Gasteiger partial charge >= 0.3 is 5.69 Å². The highest BCUT2D eigenvalue weighted by molar-refractivity contribution is 5.62. The predicted octanol–water partition coefficient (Wildman–Crippen LogP) is 1.92. The molecule has 0 aliphatic rings. The third-order valence-electron chi connectivity index (χ3n) is 3.39.